The zero-order valence-corrected chi connectivity index (χ0v) is 15.7. The molecule has 3 rings (SSSR count). The van der Waals surface area contributed by atoms with E-state index in [1.807, 2.05) is 41.3 Å². The summed E-state index contributed by atoms with van der Waals surface area (Å²) >= 11 is 2.15. The summed E-state index contributed by atoms with van der Waals surface area (Å²) < 4.78 is 7.44. The number of hydrogen-bond acceptors (Lipinski definition) is 2. The average molecular weight is 433 g/mol. The number of nitrogens with one attached hydrogen (secondary N) is 1. The van der Waals surface area contributed by atoms with Gasteiger partial charge in [-0.1, -0.05) is 84.1 Å². The Bertz CT molecular complexity index is 711. The highest BCUT2D eigenvalue weighted by Gasteiger charge is 2.29. The van der Waals surface area contributed by atoms with Gasteiger partial charge in [-0.3, -0.25) is 0 Å². The maximum Gasteiger partial charge on any atom is 0.407 e. The van der Waals surface area contributed by atoms with Crippen molar-refractivity contribution in [3.8, 4) is 11.1 Å². The topological polar surface area (TPSA) is 38.3 Å². The number of rotatable bonds is 5. The lowest BCUT2D eigenvalue weighted by Crippen LogP contribution is -2.34. The van der Waals surface area contributed by atoms with E-state index in [2.05, 4.69) is 52.2 Å². The summed E-state index contributed by atoms with van der Waals surface area (Å²) in [7, 11) is 0. The van der Waals surface area contributed by atoms with Crippen molar-refractivity contribution in [1.29, 1.82) is 0 Å². The maximum atomic E-state index is 12.1. The van der Waals surface area contributed by atoms with Crippen LogP contribution in [0.4, 0.5) is 4.79 Å². The fraction of sp³-hybridized carbons (Fsp3) is 0.250. The molecule has 0 heterocycles. The van der Waals surface area contributed by atoms with Gasteiger partial charge in [0.05, 0.1) is 6.04 Å². The largest absolute Gasteiger partial charge is 0.449 e. The zero-order valence-electron chi connectivity index (χ0n) is 13.5. The van der Waals surface area contributed by atoms with Gasteiger partial charge in [-0.2, -0.15) is 0 Å². The molecule has 4 heteroatoms. The predicted molar refractivity (Wildman–Crippen MR) is 105 cm³/mol. The third-order valence-electron chi connectivity index (χ3n) is 4.39. The normalized spacial score (nSPS) is 14.2. The molecule has 2 aromatic carbocycles. The van der Waals surface area contributed by atoms with E-state index < -0.39 is 0 Å². The van der Waals surface area contributed by atoms with Crippen molar-refractivity contribution >= 4 is 28.7 Å². The Morgan fingerprint density at radius 3 is 2.29 bits per heavy atom. The first-order valence-electron chi connectivity index (χ1n) is 8.13. The van der Waals surface area contributed by atoms with Crippen LogP contribution in [0.2, 0.25) is 0 Å². The highest BCUT2D eigenvalue weighted by Crippen LogP contribution is 2.44. The van der Waals surface area contributed by atoms with Crippen LogP contribution in [0.5, 0.6) is 0 Å². The van der Waals surface area contributed by atoms with Crippen LogP contribution < -0.4 is 5.32 Å². The van der Waals surface area contributed by atoms with E-state index in [-0.39, 0.29) is 18.1 Å². The minimum atomic E-state index is -0.363. The summed E-state index contributed by atoms with van der Waals surface area (Å²) in [5.41, 5.74) is 4.93. The van der Waals surface area contributed by atoms with Gasteiger partial charge in [0, 0.05) is 5.92 Å². The molecule has 24 heavy (non-hydrogen) atoms. The summed E-state index contributed by atoms with van der Waals surface area (Å²) in [5, 5.41) is 2.89. The fourth-order valence-corrected chi connectivity index (χ4v) is 3.67. The van der Waals surface area contributed by atoms with Crippen molar-refractivity contribution in [3.63, 3.8) is 0 Å². The van der Waals surface area contributed by atoms with Gasteiger partial charge in [0.25, 0.3) is 0 Å². The van der Waals surface area contributed by atoms with Gasteiger partial charge in [-0.05, 0) is 32.8 Å². The molecule has 0 saturated heterocycles. The van der Waals surface area contributed by atoms with Crippen LogP contribution in [-0.4, -0.2) is 18.7 Å². The quantitative estimate of drug-likeness (QED) is 0.654. The summed E-state index contributed by atoms with van der Waals surface area (Å²) in [6.45, 7) is 2.38. The standard InChI is InChI=1S/C20H20INO2/c1-2-14(11-12-21)22-20(23)24-13-19-17-9-5-3-7-15(17)16-8-4-6-10-18(16)19/h3-12,14,19H,2,13H2,1H3,(H,22,23)/b12-11+/t14-/m0/s1. The third kappa shape index (κ3) is 3.48. The molecule has 0 saturated carbocycles. The number of hydrogen-bond donors (Lipinski definition) is 1. The molecule has 1 N–H and O–H groups in total. The Labute approximate surface area is 156 Å². The van der Waals surface area contributed by atoms with E-state index in [0.717, 1.165) is 6.42 Å². The first-order chi connectivity index (χ1) is 11.7. The average Bonchev–Trinajstić information content (AvgIpc) is 2.93. The number of alkyl carbamates (subject to hydrolysis) is 1. The minimum absolute atomic E-state index is 0.0116. The molecule has 1 amide bonds. The van der Waals surface area contributed by atoms with Crippen LogP contribution in [-0.2, 0) is 4.74 Å². The van der Waals surface area contributed by atoms with Crippen LogP contribution in [0, 0.1) is 0 Å². The van der Waals surface area contributed by atoms with E-state index in [0.29, 0.717) is 6.61 Å². The molecular formula is C20H20INO2. The van der Waals surface area contributed by atoms with Crippen molar-refractivity contribution in [2.75, 3.05) is 6.61 Å². The van der Waals surface area contributed by atoms with Gasteiger partial charge >= 0.3 is 6.09 Å². The van der Waals surface area contributed by atoms with Gasteiger partial charge in [-0.25, -0.2) is 4.79 Å². The predicted octanol–water partition coefficient (Wildman–Crippen LogP) is 5.25. The lowest BCUT2D eigenvalue weighted by molar-refractivity contribution is 0.140. The van der Waals surface area contributed by atoms with Crippen LogP contribution >= 0.6 is 22.6 Å². The maximum absolute atomic E-state index is 12.1. The molecule has 3 nitrogen and oxygen atoms in total. The summed E-state index contributed by atoms with van der Waals surface area (Å²) in [6, 6.07) is 16.7. The van der Waals surface area contributed by atoms with E-state index in [1.165, 1.54) is 22.3 Å². The molecule has 1 atom stereocenters. The number of amides is 1. The van der Waals surface area contributed by atoms with Gasteiger partial charge in [0.15, 0.2) is 0 Å². The van der Waals surface area contributed by atoms with E-state index >= 15 is 0 Å². The molecule has 124 valence electrons. The molecule has 2 aromatic rings. The molecule has 1 aliphatic carbocycles. The number of ether oxygens (including phenoxy) is 1. The molecule has 0 aromatic heterocycles. The van der Waals surface area contributed by atoms with Gasteiger partial charge in [0.2, 0.25) is 0 Å². The molecule has 0 fully saturated rings. The minimum Gasteiger partial charge on any atom is -0.449 e. The first kappa shape index (κ1) is 17.0. The lowest BCUT2D eigenvalue weighted by Gasteiger charge is -2.16. The van der Waals surface area contributed by atoms with E-state index in [9.17, 15) is 4.79 Å². The molecular weight excluding hydrogens is 413 g/mol. The van der Waals surface area contributed by atoms with Gasteiger partial charge < -0.3 is 10.1 Å². The van der Waals surface area contributed by atoms with Gasteiger partial charge in [-0.15, -0.1) is 0 Å². The Morgan fingerprint density at radius 2 is 1.75 bits per heavy atom. The second-order valence-corrected chi connectivity index (χ2v) is 6.52. The van der Waals surface area contributed by atoms with E-state index in [4.69, 9.17) is 4.74 Å². The Kier molecular flexibility index (Phi) is 5.56. The second kappa shape index (κ2) is 7.83. The highest BCUT2D eigenvalue weighted by atomic mass is 127. The summed E-state index contributed by atoms with van der Waals surface area (Å²) in [6.07, 6.45) is 2.43. The van der Waals surface area contributed by atoms with Crippen molar-refractivity contribution < 1.29 is 9.53 Å². The molecule has 0 bridgehead atoms. The van der Waals surface area contributed by atoms with E-state index in [1.54, 1.807) is 0 Å². The fourth-order valence-electron chi connectivity index (χ4n) is 3.17. The van der Waals surface area contributed by atoms with Crippen molar-refractivity contribution in [2.24, 2.45) is 0 Å². The molecule has 0 radical (unpaired) electrons. The zero-order chi connectivity index (χ0) is 16.9. The first-order valence-corrected chi connectivity index (χ1v) is 9.37. The molecule has 0 unspecified atom stereocenters. The van der Waals surface area contributed by atoms with Gasteiger partial charge in [0.1, 0.15) is 6.61 Å². The number of halogens is 1. The second-order valence-electron chi connectivity index (χ2n) is 5.80. The van der Waals surface area contributed by atoms with Crippen LogP contribution in [0.15, 0.2) is 58.7 Å². The molecule has 0 aliphatic heterocycles. The van der Waals surface area contributed by atoms with Crippen molar-refractivity contribution in [1.82, 2.24) is 5.32 Å². The smallest absolute Gasteiger partial charge is 0.407 e. The number of benzene rings is 2. The Morgan fingerprint density at radius 1 is 1.17 bits per heavy atom. The highest BCUT2D eigenvalue weighted by molar-refractivity contribution is 14.1. The number of carbonyl (C=O) groups is 1. The Balaban J connectivity index is 1.73. The van der Waals surface area contributed by atoms with Crippen molar-refractivity contribution in [3.05, 3.63) is 69.8 Å². The Hall–Kier alpha value is -1.82. The number of carbonyl (C=O) groups excluding carboxylic acids is 1. The SMILES string of the molecule is CC[C@@H](/C=C/I)NC(=O)OCC1c2ccccc2-c2ccccc21. The van der Waals surface area contributed by atoms with Crippen LogP contribution in [0.25, 0.3) is 11.1 Å². The van der Waals surface area contributed by atoms with Crippen molar-refractivity contribution in [2.45, 2.75) is 25.3 Å². The van der Waals surface area contributed by atoms with Crippen LogP contribution in [0.3, 0.4) is 0 Å². The molecule has 1 aliphatic rings. The third-order valence-corrected chi connectivity index (χ3v) is 4.81. The molecule has 0 spiro atoms. The monoisotopic (exact) mass is 433 g/mol. The van der Waals surface area contributed by atoms with Crippen LogP contribution in [0.1, 0.15) is 30.4 Å². The number of fused-ring (bicyclic) bond motifs is 3. The summed E-state index contributed by atoms with van der Waals surface area (Å²) in [5.74, 6) is 0.100. The summed E-state index contributed by atoms with van der Waals surface area (Å²) in [4.78, 5) is 12.1. The lowest BCUT2D eigenvalue weighted by atomic mass is 9.98.